The molecule has 0 atom stereocenters. The minimum Gasteiger partial charge on any atom is -0.335 e. The Morgan fingerprint density at radius 1 is 0.939 bits per heavy atom. The van der Waals surface area contributed by atoms with Gasteiger partial charge in [0.05, 0.1) is 10.6 Å². The van der Waals surface area contributed by atoms with E-state index in [-0.39, 0.29) is 11.7 Å². The third kappa shape index (κ3) is 5.00. The number of benzene rings is 2. The zero-order valence-electron chi connectivity index (χ0n) is 18.1. The number of hydrogen-bond donors (Lipinski definition) is 0. The summed E-state index contributed by atoms with van der Waals surface area (Å²) in [5, 5.41) is 7.38. The number of hydrogen-bond acceptors (Lipinski definition) is 5. The summed E-state index contributed by atoms with van der Waals surface area (Å²) < 4.78 is 1.77. The Bertz CT molecular complexity index is 1210. The minimum absolute atomic E-state index is 0.115. The van der Waals surface area contributed by atoms with Crippen molar-refractivity contribution in [3.05, 3.63) is 88.5 Å². The van der Waals surface area contributed by atoms with E-state index in [1.165, 1.54) is 5.56 Å². The largest absolute Gasteiger partial charge is 0.335 e. The first-order chi connectivity index (χ1) is 16.2. The molecule has 1 amide bonds. The van der Waals surface area contributed by atoms with Gasteiger partial charge in [-0.1, -0.05) is 48.0 Å². The van der Waals surface area contributed by atoms with Gasteiger partial charge in [0.1, 0.15) is 0 Å². The highest BCUT2D eigenvalue weighted by Gasteiger charge is 2.26. The molecule has 0 radical (unpaired) electrons. The average Bonchev–Trinajstić information content (AvgIpc) is 3.47. The van der Waals surface area contributed by atoms with Crippen molar-refractivity contribution in [2.45, 2.75) is 13.0 Å². The Kier molecular flexibility index (Phi) is 6.53. The zero-order valence-corrected chi connectivity index (χ0v) is 19.7. The van der Waals surface area contributed by atoms with E-state index in [1.54, 1.807) is 16.0 Å². The van der Waals surface area contributed by atoms with Crippen molar-refractivity contribution in [2.75, 3.05) is 26.2 Å². The Hall–Kier alpha value is -3.00. The molecular weight excluding hydrogens is 454 g/mol. The van der Waals surface area contributed by atoms with E-state index in [0.717, 1.165) is 41.6 Å². The highest BCUT2D eigenvalue weighted by atomic mass is 35.5. The van der Waals surface area contributed by atoms with Crippen molar-refractivity contribution in [1.29, 1.82) is 0 Å². The summed E-state index contributed by atoms with van der Waals surface area (Å²) in [7, 11) is 0. The SMILES string of the molecule is O=C(c1nc(-c2cccs2)n(-c2ccccc2)n1)N1CCCN(Cc2ccc(Cl)cc2)CC1. The van der Waals surface area contributed by atoms with Crippen molar-refractivity contribution < 1.29 is 4.79 Å². The molecule has 0 N–H and O–H groups in total. The van der Waals surface area contributed by atoms with Gasteiger partial charge in [0.15, 0.2) is 5.82 Å². The van der Waals surface area contributed by atoms with Gasteiger partial charge < -0.3 is 4.90 Å². The summed E-state index contributed by atoms with van der Waals surface area (Å²) in [4.78, 5) is 23.3. The molecular formula is C25H24ClN5OS. The second-order valence-electron chi connectivity index (χ2n) is 8.03. The second-order valence-corrected chi connectivity index (χ2v) is 9.42. The van der Waals surface area contributed by atoms with E-state index in [4.69, 9.17) is 11.6 Å². The average molecular weight is 478 g/mol. The number of aromatic nitrogens is 3. The van der Waals surface area contributed by atoms with Crippen LogP contribution in [-0.2, 0) is 6.54 Å². The van der Waals surface area contributed by atoms with Crippen LogP contribution < -0.4 is 0 Å². The summed E-state index contributed by atoms with van der Waals surface area (Å²) in [5.41, 5.74) is 2.11. The van der Waals surface area contributed by atoms with E-state index >= 15 is 0 Å². The van der Waals surface area contributed by atoms with E-state index in [2.05, 4.69) is 27.1 Å². The molecule has 1 aliphatic rings. The lowest BCUT2D eigenvalue weighted by Crippen LogP contribution is -2.35. The topological polar surface area (TPSA) is 54.3 Å². The molecule has 33 heavy (non-hydrogen) atoms. The number of carbonyl (C=O) groups excluding carboxylic acids is 1. The maximum absolute atomic E-state index is 13.4. The lowest BCUT2D eigenvalue weighted by molar-refractivity contribution is 0.0749. The standard InChI is InChI=1S/C25H24ClN5OS/c26-20-11-9-19(10-12-20)18-29-13-5-14-30(16-15-29)25(32)23-27-24(22-8-4-17-33-22)31(28-23)21-6-2-1-3-7-21/h1-4,6-12,17H,5,13-16,18H2. The van der Waals surface area contributed by atoms with Gasteiger partial charge >= 0.3 is 0 Å². The molecule has 0 unspecified atom stereocenters. The van der Waals surface area contributed by atoms with Gasteiger partial charge in [-0.05, 0) is 47.7 Å². The molecule has 0 saturated carbocycles. The predicted molar refractivity (Wildman–Crippen MR) is 132 cm³/mol. The van der Waals surface area contributed by atoms with E-state index in [0.29, 0.717) is 18.9 Å². The van der Waals surface area contributed by atoms with Crippen molar-refractivity contribution in [3.63, 3.8) is 0 Å². The molecule has 5 rings (SSSR count). The fourth-order valence-corrected chi connectivity index (χ4v) is 4.86. The number of para-hydroxylation sites is 1. The molecule has 1 fully saturated rings. The fraction of sp³-hybridized carbons (Fsp3) is 0.240. The normalized spacial score (nSPS) is 14.9. The fourth-order valence-electron chi connectivity index (χ4n) is 4.04. The molecule has 3 heterocycles. The molecule has 168 valence electrons. The summed E-state index contributed by atoms with van der Waals surface area (Å²) in [5.74, 6) is 0.822. The third-order valence-electron chi connectivity index (χ3n) is 5.74. The molecule has 8 heteroatoms. The van der Waals surface area contributed by atoms with Crippen LogP contribution in [0.15, 0.2) is 72.1 Å². The smallest absolute Gasteiger partial charge is 0.293 e. The number of rotatable bonds is 5. The molecule has 2 aromatic carbocycles. The quantitative estimate of drug-likeness (QED) is 0.406. The van der Waals surface area contributed by atoms with Crippen LogP contribution in [0.2, 0.25) is 5.02 Å². The van der Waals surface area contributed by atoms with Crippen LogP contribution in [0.3, 0.4) is 0 Å². The summed E-state index contributed by atoms with van der Waals surface area (Å²) >= 11 is 7.59. The zero-order chi connectivity index (χ0) is 22.6. The van der Waals surface area contributed by atoms with Crippen LogP contribution in [0, 0.1) is 0 Å². The third-order valence-corrected chi connectivity index (χ3v) is 6.85. The molecule has 6 nitrogen and oxygen atoms in total. The number of thiophene rings is 1. The van der Waals surface area contributed by atoms with Crippen molar-refractivity contribution in [3.8, 4) is 16.4 Å². The van der Waals surface area contributed by atoms with Crippen molar-refractivity contribution >= 4 is 28.8 Å². The summed E-state index contributed by atoms with van der Waals surface area (Å²) in [6.07, 6.45) is 0.913. The van der Waals surface area contributed by atoms with Gasteiger partial charge in [-0.2, -0.15) is 0 Å². The highest BCUT2D eigenvalue weighted by Crippen LogP contribution is 2.26. The molecule has 1 saturated heterocycles. The Balaban J connectivity index is 1.33. The maximum atomic E-state index is 13.4. The number of carbonyl (C=O) groups is 1. The predicted octanol–water partition coefficient (Wildman–Crippen LogP) is 5.00. The first-order valence-corrected chi connectivity index (χ1v) is 12.3. The molecule has 1 aliphatic heterocycles. The van der Waals surface area contributed by atoms with Gasteiger partial charge in [-0.3, -0.25) is 9.69 Å². The molecule has 0 bridgehead atoms. The van der Waals surface area contributed by atoms with Crippen molar-refractivity contribution in [2.24, 2.45) is 0 Å². The number of amides is 1. The Morgan fingerprint density at radius 2 is 1.76 bits per heavy atom. The maximum Gasteiger partial charge on any atom is 0.293 e. The van der Waals surface area contributed by atoms with E-state index in [9.17, 15) is 4.79 Å². The first-order valence-electron chi connectivity index (χ1n) is 11.0. The van der Waals surface area contributed by atoms with Crippen LogP contribution in [0.1, 0.15) is 22.6 Å². The monoisotopic (exact) mass is 477 g/mol. The molecule has 4 aromatic rings. The Morgan fingerprint density at radius 3 is 2.52 bits per heavy atom. The van der Waals surface area contributed by atoms with Gasteiger partial charge in [0.2, 0.25) is 5.82 Å². The van der Waals surface area contributed by atoms with E-state index in [1.807, 2.05) is 64.9 Å². The Labute approximate surface area is 202 Å². The summed E-state index contributed by atoms with van der Waals surface area (Å²) in [6.45, 7) is 3.96. The molecule has 2 aromatic heterocycles. The van der Waals surface area contributed by atoms with E-state index < -0.39 is 0 Å². The second kappa shape index (κ2) is 9.87. The minimum atomic E-state index is -0.115. The van der Waals surface area contributed by atoms with Crippen molar-refractivity contribution in [1.82, 2.24) is 24.6 Å². The molecule has 0 aliphatic carbocycles. The first kappa shape index (κ1) is 21.8. The highest BCUT2D eigenvalue weighted by molar-refractivity contribution is 7.13. The lowest BCUT2D eigenvalue weighted by Gasteiger charge is -2.21. The van der Waals surface area contributed by atoms with Crippen LogP contribution in [0.4, 0.5) is 0 Å². The van der Waals surface area contributed by atoms with Gasteiger partial charge in [0.25, 0.3) is 5.91 Å². The van der Waals surface area contributed by atoms with Gasteiger partial charge in [-0.25, -0.2) is 9.67 Å². The van der Waals surface area contributed by atoms with Gasteiger partial charge in [-0.15, -0.1) is 16.4 Å². The van der Waals surface area contributed by atoms with Gasteiger partial charge in [0, 0.05) is 37.7 Å². The van der Waals surface area contributed by atoms with Crippen LogP contribution >= 0.6 is 22.9 Å². The number of nitrogens with zero attached hydrogens (tertiary/aromatic N) is 5. The number of halogens is 1. The van der Waals surface area contributed by atoms with Crippen LogP contribution in [0.5, 0.6) is 0 Å². The van der Waals surface area contributed by atoms with Crippen LogP contribution in [0.25, 0.3) is 16.4 Å². The molecule has 0 spiro atoms. The lowest BCUT2D eigenvalue weighted by atomic mass is 10.2. The summed E-state index contributed by atoms with van der Waals surface area (Å²) in [6, 6.07) is 21.8. The van der Waals surface area contributed by atoms with Crippen LogP contribution in [-0.4, -0.2) is 56.7 Å².